The van der Waals surface area contributed by atoms with E-state index >= 15 is 0 Å². The zero-order chi connectivity index (χ0) is 21.4. The van der Waals surface area contributed by atoms with E-state index in [0.717, 1.165) is 16.9 Å². The van der Waals surface area contributed by atoms with Gasteiger partial charge in [0, 0.05) is 11.8 Å². The fraction of sp³-hybridized carbons (Fsp3) is 0.708. The van der Waals surface area contributed by atoms with Crippen molar-refractivity contribution in [1.29, 1.82) is 0 Å². The van der Waals surface area contributed by atoms with Gasteiger partial charge in [-0.15, -0.1) is 0 Å². The molecular weight excluding hydrogens is 471 g/mol. The van der Waals surface area contributed by atoms with Crippen LogP contribution in [0, 0.1) is 0 Å². The van der Waals surface area contributed by atoms with E-state index in [4.69, 9.17) is 4.18 Å². The Bertz CT molecular complexity index is 489. The second-order valence-electron chi connectivity index (χ2n) is 8.49. The molecule has 0 spiro atoms. The molecule has 1 aromatic rings. The van der Waals surface area contributed by atoms with Crippen LogP contribution in [0.3, 0.4) is 0 Å². The predicted octanol–water partition coefficient (Wildman–Crippen LogP) is 8.44. The van der Waals surface area contributed by atoms with Gasteiger partial charge in [0.15, 0.2) is 0 Å². The summed E-state index contributed by atoms with van der Waals surface area (Å²) < 4.78 is 9.87. The third-order valence-electron chi connectivity index (χ3n) is 4.63. The molecule has 0 aromatic heterocycles. The van der Waals surface area contributed by atoms with Crippen molar-refractivity contribution in [1.82, 2.24) is 0 Å². The summed E-state index contributed by atoms with van der Waals surface area (Å²) in [7, 11) is 0. The molecule has 0 bridgehead atoms. The molecule has 0 aliphatic heterocycles. The molecule has 1 rings (SSSR count). The van der Waals surface area contributed by atoms with Crippen LogP contribution in [0.2, 0.25) is 13.3 Å². The number of hydrogen-bond donors (Lipinski definition) is 0. The first-order valence-corrected chi connectivity index (χ1v) is 17.8. The van der Waals surface area contributed by atoms with Gasteiger partial charge in [0.1, 0.15) is 0 Å². The molecule has 0 amide bonds. The van der Waals surface area contributed by atoms with Crippen LogP contribution in [0.5, 0.6) is 0 Å². The van der Waals surface area contributed by atoms with Crippen LogP contribution >= 0.6 is 12.0 Å². The van der Waals surface area contributed by atoms with Crippen molar-refractivity contribution in [2.45, 2.75) is 111 Å². The van der Waals surface area contributed by atoms with Gasteiger partial charge < -0.3 is 4.18 Å². The second kappa shape index (κ2) is 16.6. The number of unbranched alkanes of at least 4 members (excludes halogenated alkanes) is 3. The third kappa shape index (κ3) is 14.8. The van der Waals surface area contributed by atoms with E-state index in [1.807, 2.05) is 12.1 Å². The summed E-state index contributed by atoms with van der Waals surface area (Å²) in [6.07, 6.45) is 8.85. The predicted molar refractivity (Wildman–Crippen MR) is 128 cm³/mol. The van der Waals surface area contributed by atoms with E-state index in [1.54, 1.807) is 13.3 Å². The molecule has 0 saturated carbocycles. The fourth-order valence-corrected chi connectivity index (χ4v) is 12.7. The minimum atomic E-state index is -0.839. The maximum atomic E-state index is 10.6. The Labute approximate surface area is 186 Å². The van der Waals surface area contributed by atoms with Gasteiger partial charge in [-0.2, -0.15) is 0 Å². The summed E-state index contributed by atoms with van der Waals surface area (Å²) in [5, 5.41) is 0. The molecule has 28 heavy (non-hydrogen) atoms. The van der Waals surface area contributed by atoms with Gasteiger partial charge in [0.2, 0.25) is 0 Å². The Hall–Kier alpha value is -0.161. The molecule has 1 aromatic carbocycles. The standard InChI is InChI=1S/C12H16O2S.3C4H9.Sn/c1-9(13)14-15-11-7-5-10(6-8-11)12(2,3)4;3*1-3-4-2;/h5-8H,1-4H3;3*1,3-4H2,2H3;. The fourth-order valence-electron chi connectivity index (χ4n) is 2.77. The average Bonchev–Trinajstić information content (AvgIpc) is 2.66. The average molecular weight is 514 g/mol. The first kappa shape index (κ1) is 27.8. The van der Waals surface area contributed by atoms with Crippen LogP contribution in [-0.2, 0) is 14.4 Å². The topological polar surface area (TPSA) is 26.3 Å². The van der Waals surface area contributed by atoms with E-state index in [1.165, 1.54) is 51.0 Å². The zero-order valence-corrected chi connectivity index (χ0v) is 23.1. The van der Waals surface area contributed by atoms with Crippen LogP contribution in [0.1, 0.15) is 92.6 Å². The minimum absolute atomic E-state index is 0.157. The molecule has 0 aliphatic carbocycles. The molecule has 4 heteroatoms. The Morgan fingerprint density at radius 1 is 0.893 bits per heavy atom. The van der Waals surface area contributed by atoms with E-state index < -0.39 is 19.8 Å². The van der Waals surface area contributed by atoms with Crippen molar-refractivity contribution < 1.29 is 8.98 Å². The molecule has 0 fully saturated rings. The van der Waals surface area contributed by atoms with Crippen molar-refractivity contribution in [2.24, 2.45) is 0 Å². The molecule has 161 valence electrons. The molecule has 0 atom stereocenters. The maximum absolute atomic E-state index is 10.6. The molecule has 1 radical (unpaired) electrons. The first-order valence-electron chi connectivity index (χ1n) is 11.0. The van der Waals surface area contributed by atoms with E-state index in [9.17, 15) is 4.79 Å². The van der Waals surface area contributed by atoms with Crippen molar-refractivity contribution >= 4 is 37.8 Å². The van der Waals surface area contributed by atoms with Crippen molar-refractivity contribution in [3.05, 3.63) is 29.8 Å². The molecule has 0 unspecified atom stereocenters. The third-order valence-corrected chi connectivity index (χ3v) is 14.5. The van der Waals surface area contributed by atoms with Crippen molar-refractivity contribution in [3.8, 4) is 0 Å². The number of carbonyl (C=O) groups is 1. The van der Waals surface area contributed by atoms with E-state index in [0.29, 0.717) is 0 Å². The van der Waals surface area contributed by atoms with Crippen LogP contribution in [0.25, 0.3) is 0 Å². The van der Waals surface area contributed by atoms with Gasteiger partial charge in [-0.3, -0.25) is 4.79 Å². The van der Waals surface area contributed by atoms with Gasteiger partial charge in [0.25, 0.3) is 0 Å². The Morgan fingerprint density at radius 2 is 1.32 bits per heavy atom. The van der Waals surface area contributed by atoms with Gasteiger partial charge in [-0.1, -0.05) is 32.9 Å². The van der Waals surface area contributed by atoms with Crippen molar-refractivity contribution in [3.63, 3.8) is 0 Å². The number of rotatable bonds is 11. The quantitative estimate of drug-likeness (QED) is 0.219. The van der Waals surface area contributed by atoms with Gasteiger partial charge >= 0.3 is 98.3 Å². The monoisotopic (exact) mass is 515 g/mol. The number of benzene rings is 1. The number of carbonyl (C=O) groups excluding carboxylic acids is 1. The molecule has 0 aliphatic rings. The second-order valence-corrected chi connectivity index (χ2v) is 17.9. The summed E-state index contributed by atoms with van der Waals surface area (Å²) in [5.74, 6) is -0.278. The summed E-state index contributed by atoms with van der Waals surface area (Å²) in [6, 6.07) is 8.06. The Kier molecular flexibility index (Phi) is 16.5. The van der Waals surface area contributed by atoms with E-state index in [-0.39, 0.29) is 11.4 Å². The Morgan fingerprint density at radius 3 is 1.64 bits per heavy atom. The van der Waals surface area contributed by atoms with Crippen LogP contribution < -0.4 is 0 Å². The zero-order valence-electron chi connectivity index (χ0n) is 19.4. The van der Waals surface area contributed by atoms with Crippen LogP contribution in [0.15, 0.2) is 29.2 Å². The molecule has 0 heterocycles. The van der Waals surface area contributed by atoms with Gasteiger partial charge in [-0.25, -0.2) is 0 Å². The molecule has 2 nitrogen and oxygen atoms in total. The van der Waals surface area contributed by atoms with Crippen LogP contribution in [0.4, 0.5) is 0 Å². The first-order chi connectivity index (χ1) is 13.2. The normalized spacial score (nSPS) is 11.1. The Balaban J connectivity index is 0.000000528. The molecule has 0 saturated heterocycles. The van der Waals surface area contributed by atoms with Gasteiger partial charge in [-0.05, 0) is 23.1 Å². The van der Waals surface area contributed by atoms with Crippen molar-refractivity contribution in [2.75, 3.05) is 0 Å². The van der Waals surface area contributed by atoms with Crippen LogP contribution in [-0.4, -0.2) is 25.7 Å². The molecule has 0 N–H and O–H groups in total. The summed E-state index contributed by atoms with van der Waals surface area (Å²) in [5.41, 5.74) is 1.43. The summed E-state index contributed by atoms with van der Waals surface area (Å²) in [6.45, 7) is 14.9. The van der Waals surface area contributed by atoms with Gasteiger partial charge in [0.05, 0.1) is 12.0 Å². The summed E-state index contributed by atoms with van der Waals surface area (Å²) in [4.78, 5) is 11.5. The van der Waals surface area contributed by atoms with E-state index in [2.05, 4.69) is 53.7 Å². The molecular formula is C24H43O2SSn. The summed E-state index contributed by atoms with van der Waals surface area (Å²) >= 11 is 0.259. The SMILES string of the molecule is CC(=O)OSc1ccc(C(C)(C)C)cc1.CCC[CH2][Sn]([CH2]CCC)[CH2]CCC. The number of hydrogen-bond acceptors (Lipinski definition) is 3.